The van der Waals surface area contributed by atoms with Crippen LogP contribution in [0.4, 0.5) is 0 Å². The van der Waals surface area contributed by atoms with E-state index in [-0.39, 0.29) is 0 Å². The molecule has 2 nitrogen and oxygen atoms in total. The molecule has 0 saturated heterocycles. The van der Waals surface area contributed by atoms with Gasteiger partial charge in [-0.15, -0.1) is 0 Å². The third-order valence-electron chi connectivity index (χ3n) is 2.26. The molecule has 2 aromatic rings. The molecule has 0 aliphatic carbocycles. The molecule has 0 aliphatic heterocycles. The molecule has 1 heterocycles. The smallest absolute Gasteiger partial charge is 0.0708 e. The Bertz CT molecular complexity index is 474. The van der Waals surface area contributed by atoms with E-state index >= 15 is 0 Å². The van der Waals surface area contributed by atoms with Crippen LogP contribution in [0.1, 0.15) is 5.56 Å². The van der Waals surface area contributed by atoms with Gasteiger partial charge in [0, 0.05) is 18.1 Å². The summed E-state index contributed by atoms with van der Waals surface area (Å²) in [6.45, 7) is 4.38. The Balaban J connectivity index is 2.56. The molecule has 2 rings (SSSR count). The van der Waals surface area contributed by atoms with Gasteiger partial charge in [0.15, 0.2) is 0 Å². The lowest BCUT2D eigenvalue weighted by Gasteiger charge is -2.03. The number of nitrogens with zero attached hydrogens (tertiary/aromatic N) is 1. The zero-order valence-corrected chi connectivity index (χ0v) is 7.90. The maximum atomic E-state index is 5.53. The molecule has 0 saturated carbocycles. The largest absolute Gasteiger partial charge is 0.326 e. The van der Waals surface area contributed by atoms with E-state index in [0.29, 0.717) is 6.54 Å². The van der Waals surface area contributed by atoms with E-state index in [4.69, 9.17) is 5.73 Å². The number of hydrogen-bond donors (Lipinski definition) is 1. The highest BCUT2D eigenvalue weighted by Crippen LogP contribution is 2.17. The van der Waals surface area contributed by atoms with E-state index in [1.54, 1.807) is 6.20 Å². The summed E-state index contributed by atoms with van der Waals surface area (Å²) in [5, 5.41) is 1.14. The van der Waals surface area contributed by atoms with Crippen molar-refractivity contribution in [1.29, 1.82) is 0 Å². The Morgan fingerprint density at radius 2 is 2.21 bits per heavy atom. The molecule has 0 radical (unpaired) electrons. The van der Waals surface area contributed by atoms with Crippen molar-refractivity contribution < 1.29 is 0 Å². The van der Waals surface area contributed by atoms with Gasteiger partial charge in [-0.1, -0.05) is 24.8 Å². The van der Waals surface area contributed by atoms with Crippen LogP contribution in [0.5, 0.6) is 0 Å². The first-order chi connectivity index (χ1) is 6.81. The Hall–Kier alpha value is -1.67. The Morgan fingerprint density at radius 3 is 3.00 bits per heavy atom. The van der Waals surface area contributed by atoms with Gasteiger partial charge >= 0.3 is 0 Å². The molecule has 0 unspecified atom stereocenters. The molecule has 0 fully saturated rings. The van der Waals surface area contributed by atoms with Crippen LogP contribution in [0.15, 0.2) is 43.1 Å². The van der Waals surface area contributed by atoms with Gasteiger partial charge in [0.1, 0.15) is 0 Å². The summed E-state index contributed by atoms with van der Waals surface area (Å²) in [6, 6.07) is 10.1. The van der Waals surface area contributed by atoms with E-state index in [1.165, 1.54) is 0 Å². The van der Waals surface area contributed by atoms with E-state index in [2.05, 4.69) is 11.6 Å². The van der Waals surface area contributed by atoms with Gasteiger partial charge in [0.2, 0.25) is 0 Å². The van der Waals surface area contributed by atoms with Gasteiger partial charge < -0.3 is 5.73 Å². The van der Waals surface area contributed by atoms with Crippen LogP contribution < -0.4 is 5.73 Å². The number of nitrogens with two attached hydrogens (primary N) is 1. The Kier molecular flexibility index (Phi) is 2.29. The fourth-order valence-corrected chi connectivity index (χ4v) is 1.40. The summed E-state index contributed by atoms with van der Waals surface area (Å²) in [6.07, 6.45) is 1.79. The highest BCUT2D eigenvalue weighted by molar-refractivity contribution is 5.82. The van der Waals surface area contributed by atoms with Crippen molar-refractivity contribution in [2.24, 2.45) is 5.73 Å². The van der Waals surface area contributed by atoms with E-state index in [0.717, 1.165) is 22.0 Å². The molecule has 0 spiro atoms. The number of pyridine rings is 1. The highest BCUT2D eigenvalue weighted by Gasteiger charge is 1.98. The number of benzene rings is 1. The monoisotopic (exact) mass is 184 g/mol. The third kappa shape index (κ3) is 1.52. The van der Waals surface area contributed by atoms with Gasteiger partial charge in [0.05, 0.1) is 5.52 Å². The molecular formula is C12H12N2. The van der Waals surface area contributed by atoms with Crippen LogP contribution in [0.25, 0.3) is 16.5 Å². The lowest BCUT2D eigenvalue weighted by atomic mass is 10.1. The summed E-state index contributed by atoms with van der Waals surface area (Å²) < 4.78 is 0. The minimum atomic E-state index is 0.484. The molecule has 0 bridgehead atoms. The van der Waals surface area contributed by atoms with Crippen molar-refractivity contribution in [1.82, 2.24) is 4.98 Å². The maximum absolute atomic E-state index is 5.53. The van der Waals surface area contributed by atoms with Gasteiger partial charge in [-0.05, 0) is 23.3 Å². The molecule has 0 atom stereocenters. The van der Waals surface area contributed by atoms with Crippen LogP contribution in [0, 0.1) is 0 Å². The van der Waals surface area contributed by atoms with Gasteiger partial charge in [-0.25, -0.2) is 0 Å². The summed E-state index contributed by atoms with van der Waals surface area (Å²) in [5.74, 6) is 0. The van der Waals surface area contributed by atoms with Crippen molar-refractivity contribution in [3.8, 4) is 0 Å². The molecule has 1 aromatic heterocycles. The second kappa shape index (κ2) is 3.60. The average Bonchev–Trinajstić information content (AvgIpc) is 2.27. The van der Waals surface area contributed by atoms with Crippen LogP contribution in [-0.2, 0) is 0 Å². The Morgan fingerprint density at radius 1 is 1.36 bits per heavy atom. The van der Waals surface area contributed by atoms with Crippen LogP contribution in [0.2, 0.25) is 0 Å². The second-order valence-electron chi connectivity index (χ2n) is 3.22. The van der Waals surface area contributed by atoms with Crippen molar-refractivity contribution in [2.45, 2.75) is 0 Å². The Labute approximate surface area is 83.1 Å². The van der Waals surface area contributed by atoms with Gasteiger partial charge in [-0.3, -0.25) is 4.98 Å². The van der Waals surface area contributed by atoms with Crippen molar-refractivity contribution in [3.63, 3.8) is 0 Å². The van der Waals surface area contributed by atoms with Gasteiger partial charge in [0.25, 0.3) is 0 Å². The standard InChI is InChI=1S/C12H12N2/c1-9(8-13)11-5-4-10-3-2-6-14-12(10)7-11/h2-7H,1,8,13H2. The van der Waals surface area contributed by atoms with Crippen LogP contribution >= 0.6 is 0 Å². The fraction of sp³-hybridized carbons (Fsp3) is 0.0833. The summed E-state index contributed by atoms with van der Waals surface area (Å²) >= 11 is 0. The first-order valence-corrected chi connectivity index (χ1v) is 4.54. The van der Waals surface area contributed by atoms with Crippen molar-refractivity contribution in [3.05, 3.63) is 48.7 Å². The number of aromatic nitrogens is 1. The quantitative estimate of drug-likeness (QED) is 0.777. The first kappa shape index (κ1) is 8.91. The van der Waals surface area contributed by atoms with Gasteiger partial charge in [-0.2, -0.15) is 0 Å². The van der Waals surface area contributed by atoms with E-state index in [1.807, 2.05) is 30.3 Å². The SMILES string of the molecule is C=C(CN)c1ccc2cccnc2c1. The zero-order valence-electron chi connectivity index (χ0n) is 7.90. The average molecular weight is 184 g/mol. The van der Waals surface area contributed by atoms with Crippen LogP contribution in [0.3, 0.4) is 0 Å². The normalized spacial score (nSPS) is 10.4. The molecule has 0 amide bonds. The zero-order chi connectivity index (χ0) is 9.97. The summed E-state index contributed by atoms with van der Waals surface area (Å²) in [7, 11) is 0. The number of rotatable bonds is 2. The second-order valence-corrected chi connectivity index (χ2v) is 3.22. The molecule has 2 N–H and O–H groups in total. The predicted octanol–water partition coefficient (Wildman–Crippen LogP) is 2.21. The molecule has 1 aromatic carbocycles. The fourth-order valence-electron chi connectivity index (χ4n) is 1.40. The maximum Gasteiger partial charge on any atom is 0.0708 e. The molecule has 14 heavy (non-hydrogen) atoms. The summed E-state index contributed by atoms with van der Waals surface area (Å²) in [4.78, 5) is 4.28. The molecule has 70 valence electrons. The molecule has 0 aliphatic rings. The predicted molar refractivity (Wildman–Crippen MR) is 59.8 cm³/mol. The van der Waals surface area contributed by atoms with Crippen molar-refractivity contribution in [2.75, 3.05) is 6.54 Å². The lowest BCUT2D eigenvalue weighted by molar-refractivity contribution is 1.27. The molecular weight excluding hydrogens is 172 g/mol. The first-order valence-electron chi connectivity index (χ1n) is 4.54. The minimum absolute atomic E-state index is 0.484. The van der Waals surface area contributed by atoms with E-state index in [9.17, 15) is 0 Å². The van der Waals surface area contributed by atoms with Crippen LogP contribution in [-0.4, -0.2) is 11.5 Å². The minimum Gasteiger partial charge on any atom is -0.326 e. The van der Waals surface area contributed by atoms with E-state index < -0.39 is 0 Å². The van der Waals surface area contributed by atoms with Crippen molar-refractivity contribution >= 4 is 16.5 Å². The highest BCUT2D eigenvalue weighted by atomic mass is 14.6. The summed E-state index contributed by atoms with van der Waals surface area (Å²) in [5.41, 5.74) is 8.52. The number of fused-ring (bicyclic) bond motifs is 1. The lowest BCUT2D eigenvalue weighted by Crippen LogP contribution is -2.00. The topological polar surface area (TPSA) is 38.9 Å². The number of hydrogen-bond acceptors (Lipinski definition) is 2. The third-order valence-corrected chi connectivity index (χ3v) is 2.26. The molecule has 2 heteroatoms.